The summed E-state index contributed by atoms with van der Waals surface area (Å²) < 4.78 is 6.16. The number of carbonyl (C=O) groups is 2. The number of hydrogen-bond donors (Lipinski definition) is 1. The van der Waals surface area contributed by atoms with Crippen LogP contribution in [0.1, 0.15) is 63.1 Å². The van der Waals surface area contributed by atoms with Gasteiger partial charge in [0, 0.05) is 20.0 Å². The summed E-state index contributed by atoms with van der Waals surface area (Å²) >= 11 is 15.3. The highest BCUT2D eigenvalue weighted by Gasteiger charge is 2.27. The zero-order chi connectivity index (χ0) is 21.3. The van der Waals surface area contributed by atoms with Crippen LogP contribution in [-0.4, -0.2) is 18.5 Å². The molecule has 0 unspecified atom stereocenters. The molecule has 4 nitrogen and oxygen atoms in total. The minimum Gasteiger partial charge on any atom is -0.462 e. The van der Waals surface area contributed by atoms with Crippen LogP contribution < -0.4 is 5.32 Å². The Hall–Kier alpha value is -1.60. The predicted octanol–water partition coefficient (Wildman–Crippen LogP) is 7.36. The number of aryl methyl sites for hydroxylation is 1. The summed E-state index contributed by atoms with van der Waals surface area (Å²) in [5.74, 6) is -0.697. The number of rotatable bonds is 4. The lowest BCUT2D eigenvalue weighted by molar-refractivity contribution is 0.0526. The van der Waals surface area contributed by atoms with Gasteiger partial charge in [-0.05, 0) is 50.3 Å². The van der Waals surface area contributed by atoms with E-state index in [0.29, 0.717) is 32.1 Å². The fourth-order valence-corrected chi connectivity index (χ4v) is 6.73. The van der Waals surface area contributed by atoms with Crippen molar-refractivity contribution in [1.82, 2.24) is 0 Å². The van der Waals surface area contributed by atoms with Gasteiger partial charge in [-0.25, -0.2) is 4.79 Å². The van der Waals surface area contributed by atoms with Crippen molar-refractivity contribution in [2.75, 3.05) is 11.9 Å². The third-order valence-electron chi connectivity index (χ3n) is 5.18. The van der Waals surface area contributed by atoms with Gasteiger partial charge in [-0.15, -0.1) is 22.7 Å². The van der Waals surface area contributed by atoms with Gasteiger partial charge in [-0.2, -0.15) is 0 Å². The van der Waals surface area contributed by atoms with Crippen molar-refractivity contribution in [3.05, 3.63) is 49.1 Å². The number of amides is 1. The van der Waals surface area contributed by atoms with Crippen LogP contribution in [0.5, 0.6) is 0 Å². The molecule has 4 rings (SSSR count). The van der Waals surface area contributed by atoms with E-state index in [1.807, 2.05) is 6.07 Å². The lowest BCUT2D eigenvalue weighted by Gasteiger charge is -2.11. The molecule has 30 heavy (non-hydrogen) atoms. The fourth-order valence-electron chi connectivity index (χ4n) is 3.77. The van der Waals surface area contributed by atoms with Crippen LogP contribution in [0, 0.1) is 0 Å². The molecule has 0 fully saturated rings. The molecule has 1 amide bonds. The topological polar surface area (TPSA) is 55.4 Å². The van der Waals surface area contributed by atoms with Gasteiger partial charge in [0.25, 0.3) is 5.91 Å². The van der Waals surface area contributed by atoms with E-state index in [9.17, 15) is 9.59 Å². The molecule has 2 aromatic heterocycles. The number of benzene rings is 1. The number of anilines is 1. The second kappa shape index (κ2) is 9.27. The number of nitrogens with one attached hydrogen (secondary N) is 1. The molecule has 0 aliphatic heterocycles. The normalized spacial score (nSPS) is 14.1. The average molecular weight is 482 g/mol. The summed E-state index contributed by atoms with van der Waals surface area (Å²) in [5, 5.41) is 5.29. The maximum Gasteiger partial charge on any atom is 0.341 e. The first kappa shape index (κ1) is 21.6. The quantitative estimate of drug-likeness (QED) is 0.396. The van der Waals surface area contributed by atoms with E-state index in [2.05, 4.69) is 5.32 Å². The number of esters is 1. The van der Waals surface area contributed by atoms with E-state index in [4.69, 9.17) is 27.9 Å². The van der Waals surface area contributed by atoms with E-state index in [0.717, 1.165) is 47.8 Å². The van der Waals surface area contributed by atoms with Crippen molar-refractivity contribution >= 4 is 72.8 Å². The molecule has 3 aromatic rings. The molecule has 2 heterocycles. The Morgan fingerprint density at radius 3 is 2.63 bits per heavy atom. The van der Waals surface area contributed by atoms with Gasteiger partial charge in [0.05, 0.1) is 17.2 Å². The van der Waals surface area contributed by atoms with Gasteiger partial charge in [0.15, 0.2) is 0 Å². The van der Waals surface area contributed by atoms with Crippen molar-refractivity contribution in [2.45, 2.75) is 45.4 Å². The Labute approximate surface area is 193 Å². The number of fused-ring (bicyclic) bond motifs is 2. The van der Waals surface area contributed by atoms with E-state index in [-0.39, 0.29) is 11.9 Å². The van der Waals surface area contributed by atoms with E-state index < -0.39 is 0 Å². The second-order valence-electron chi connectivity index (χ2n) is 7.18. The zero-order valence-corrected chi connectivity index (χ0v) is 19.6. The summed E-state index contributed by atoms with van der Waals surface area (Å²) in [6.07, 6.45) is 6.22. The molecule has 1 aliphatic carbocycles. The maximum absolute atomic E-state index is 13.1. The van der Waals surface area contributed by atoms with Gasteiger partial charge in [0.1, 0.15) is 9.88 Å². The smallest absolute Gasteiger partial charge is 0.341 e. The van der Waals surface area contributed by atoms with Crippen LogP contribution in [0.2, 0.25) is 10.0 Å². The third-order valence-corrected chi connectivity index (χ3v) is 8.27. The second-order valence-corrected chi connectivity index (χ2v) is 10.2. The molecule has 158 valence electrons. The number of thiophene rings is 2. The van der Waals surface area contributed by atoms with Gasteiger partial charge < -0.3 is 10.1 Å². The number of halogens is 2. The molecular formula is C22H21Cl2NO3S2. The molecule has 0 radical (unpaired) electrons. The number of carbonyl (C=O) groups excluding carboxylic acids is 2. The summed E-state index contributed by atoms with van der Waals surface area (Å²) in [6, 6.07) is 5.36. The van der Waals surface area contributed by atoms with E-state index in [1.54, 1.807) is 19.1 Å². The number of ether oxygens (including phenoxy) is 1. The molecule has 0 saturated heterocycles. The van der Waals surface area contributed by atoms with Crippen LogP contribution in [0.3, 0.4) is 0 Å². The molecule has 1 aromatic carbocycles. The van der Waals surface area contributed by atoms with Crippen LogP contribution in [0.4, 0.5) is 5.00 Å². The number of hydrogen-bond acceptors (Lipinski definition) is 5. The Morgan fingerprint density at radius 2 is 1.87 bits per heavy atom. The predicted molar refractivity (Wildman–Crippen MR) is 126 cm³/mol. The SMILES string of the molecule is CCOC(=O)c1c(NC(=O)c2sc3cc(Cl)ccc3c2Cl)sc2c1CCCCCC2. The minimum absolute atomic E-state index is 0.291. The third kappa shape index (κ3) is 4.24. The highest BCUT2D eigenvalue weighted by molar-refractivity contribution is 7.22. The Morgan fingerprint density at radius 1 is 1.10 bits per heavy atom. The highest BCUT2D eigenvalue weighted by atomic mass is 35.5. The van der Waals surface area contributed by atoms with Gasteiger partial charge in [0.2, 0.25) is 0 Å². The Bertz CT molecular complexity index is 1120. The first-order valence-electron chi connectivity index (χ1n) is 10.00. The summed E-state index contributed by atoms with van der Waals surface area (Å²) in [6.45, 7) is 2.08. The Kier molecular flexibility index (Phi) is 6.68. The summed E-state index contributed by atoms with van der Waals surface area (Å²) in [4.78, 5) is 27.4. The van der Waals surface area contributed by atoms with Crippen LogP contribution >= 0.6 is 45.9 Å². The fraction of sp³-hybridized carbons (Fsp3) is 0.364. The van der Waals surface area contributed by atoms with Crippen molar-refractivity contribution < 1.29 is 14.3 Å². The van der Waals surface area contributed by atoms with Crippen molar-refractivity contribution in [1.29, 1.82) is 0 Å². The van der Waals surface area contributed by atoms with Crippen molar-refractivity contribution in [2.24, 2.45) is 0 Å². The standard InChI is InChI=1S/C22H21Cl2NO3S2/c1-2-28-22(27)17-13-7-5-3-4-6-8-15(13)30-21(17)25-20(26)19-18(24)14-10-9-12(23)11-16(14)29-19/h9-11H,2-8H2,1H3,(H,25,26). The monoisotopic (exact) mass is 481 g/mol. The Balaban J connectivity index is 1.71. The molecular weight excluding hydrogens is 461 g/mol. The van der Waals surface area contributed by atoms with E-state index >= 15 is 0 Å². The molecule has 1 N–H and O–H groups in total. The maximum atomic E-state index is 13.1. The summed E-state index contributed by atoms with van der Waals surface area (Å²) in [5.41, 5.74) is 1.54. The largest absolute Gasteiger partial charge is 0.462 e. The van der Waals surface area contributed by atoms with Crippen LogP contribution in [0.25, 0.3) is 10.1 Å². The summed E-state index contributed by atoms with van der Waals surface area (Å²) in [7, 11) is 0. The van der Waals surface area contributed by atoms with Crippen molar-refractivity contribution in [3.8, 4) is 0 Å². The first-order chi connectivity index (χ1) is 14.5. The minimum atomic E-state index is -0.375. The first-order valence-corrected chi connectivity index (χ1v) is 12.4. The lowest BCUT2D eigenvalue weighted by Crippen LogP contribution is -2.15. The van der Waals surface area contributed by atoms with Gasteiger partial charge in [-0.3, -0.25) is 4.79 Å². The van der Waals surface area contributed by atoms with Crippen molar-refractivity contribution in [3.63, 3.8) is 0 Å². The highest BCUT2D eigenvalue weighted by Crippen LogP contribution is 2.40. The van der Waals surface area contributed by atoms with Gasteiger partial charge >= 0.3 is 5.97 Å². The van der Waals surface area contributed by atoms with Crippen LogP contribution in [0.15, 0.2) is 18.2 Å². The lowest BCUT2D eigenvalue weighted by atomic mass is 9.96. The molecule has 8 heteroatoms. The van der Waals surface area contributed by atoms with Gasteiger partial charge in [-0.1, -0.05) is 42.1 Å². The molecule has 0 bridgehead atoms. The zero-order valence-electron chi connectivity index (χ0n) is 16.5. The molecule has 0 spiro atoms. The van der Waals surface area contributed by atoms with Crippen LogP contribution in [-0.2, 0) is 17.6 Å². The molecule has 0 atom stereocenters. The van der Waals surface area contributed by atoms with E-state index in [1.165, 1.54) is 34.0 Å². The molecule has 0 saturated carbocycles. The molecule has 1 aliphatic rings. The average Bonchev–Trinajstić information content (AvgIpc) is 3.19.